The summed E-state index contributed by atoms with van der Waals surface area (Å²) in [6.07, 6.45) is 6.82. The molecule has 0 fully saturated rings. The Balaban J connectivity index is 3.22. The Bertz CT molecular complexity index is 104. The molecule has 0 unspecified atom stereocenters. The summed E-state index contributed by atoms with van der Waals surface area (Å²) < 4.78 is 0. The van der Waals surface area contributed by atoms with Gasteiger partial charge in [0.15, 0.2) is 0 Å². The molecular formula is C6H4. The summed E-state index contributed by atoms with van der Waals surface area (Å²) in [6, 6.07) is 0. The van der Waals surface area contributed by atoms with Crippen LogP contribution in [0.25, 0.3) is 0 Å². The molecular weight excluding hydrogens is 72.1 g/mol. The van der Waals surface area contributed by atoms with E-state index in [1.807, 2.05) is 5.92 Å². The topological polar surface area (TPSA) is 0 Å². The summed E-state index contributed by atoms with van der Waals surface area (Å²) >= 11 is 0. The Hall–Kier alpha value is -0.660. The van der Waals surface area contributed by atoms with Crippen molar-refractivity contribution in [3.05, 3.63) is 13.3 Å². The summed E-state index contributed by atoms with van der Waals surface area (Å²) in [5, 5.41) is 0. The van der Waals surface area contributed by atoms with Gasteiger partial charge in [-0.3, -0.25) is 0 Å². The maximum absolute atomic E-state index is 6.25. The van der Waals surface area contributed by atoms with E-state index in [1.54, 1.807) is 0 Å². The molecule has 28 valence electrons. The van der Waals surface area contributed by atoms with Crippen molar-refractivity contribution >= 4 is 0 Å². The second-order valence-electron chi connectivity index (χ2n) is 0.677. The first kappa shape index (κ1) is 5.34. The van der Waals surface area contributed by atoms with Gasteiger partial charge in [0, 0.05) is 0 Å². The molecule has 0 radical (unpaired) electrons. The van der Waals surface area contributed by atoms with E-state index in [4.69, 9.17) is 6.42 Å². The standard InChI is InChI=1S/C6H4/c1-3-5-6-4-2/h1,3H2. The van der Waals surface area contributed by atoms with Crippen LogP contribution in [0.3, 0.4) is 0 Å². The molecule has 0 bridgehead atoms. The van der Waals surface area contributed by atoms with E-state index < -0.39 is 0 Å². The van der Waals surface area contributed by atoms with E-state index in [-0.39, 0.29) is 0 Å². The molecule has 0 aromatic rings. The fraction of sp³-hybridized carbons (Fsp3) is 0.167. The molecule has 0 aliphatic carbocycles. The summed E-state index contributed by atoms with van der Waals surface area (Å²) in [5.74, 6) is 6.76. The van der Waals surface area contributed by atoms with E-state index in [9.17, 15) is 0 Å². The third kappa shape index (κ3) is 3.34. The molecule has 0 nitrogen and oxygen atoms in total. The fourth-order valence-corrected chi connectivity index (χ4v) is 0.107. The van der Waals surface area contributed by atoms with Crippen molar-refractivity contribution < 1.29 is 0 Å². The molecule has 0 aliphatic heterocycles. The predicted molar refractivity (Wildman–Crippen MR) is 24.9 cm³/mol. The van der Waals surface area contributed by atoms with Crippen molar-refractivity contribution in [1.82, 2.24) is 0 Å². The first-order valence-corrected chi connectivity index (χ1v) is 1.60. The zero-order valence-corrected chi connectivity index (χ0v) is 3.41. The number of hydrogen-bond donors (Lipinski definition) is 0. The van der Waals surface area contributed by atoms with Gasteiger partial charge in [-0.1, -0.05) is 0 Å². The summed E-state index contributed by atoms with van der Waals surface area (Å²) in [4.78, 5) is 0. The Kier molecular flexibility index (Phi) is 3.86. The van der Waals surface area contributed by atoms with Crippen LogP contribution in [0.5, 0.6) is 0 Å². The molecule has 0 N–H and O–H groups in total. The molecule has 0 aromatic carbocycles. The molecule has 0 aliphatic rings. The van der Waals surface area contributed by atoms with Crippen LogP contribution in [0.15, 0.2) is 0 Å². The predicted octanol–water partition coefficient (Wildman–Crippen LogP) is 0.804. The third-order valence-corrected chi connectivity index (χ3v) is 0.276. The summed E-state index contributed by atoms with van der Waals surface area (Å²) in [7, 11) is 0. The normalized spacial score (nSPS) is 5.17. The van der Waals surface area contributed by atoms with Gasteiger partial charge in [-0.2, -0.15) is 0 Å². The van der Waals surface area contributed by atoms with Crippen molar-refractivity contribution in [1.29, 1.82) is 0 Å². The van der Waals surface area contributed by atoms with E-state index in [2.05, 4.69) is 18.8 Å². The van der Waals surface area contributed by atoms with Gasteiger partial charge in [0.1, 0.15) is 0 Å². The van der Waals surface area contributed by atoms with Crippen LogP contribution in [-0.2, 0) is 0 Å². The number of rotatable bonds is 0. The van der Waals surface area contributed by atoms with Crippen molar-refractivity contribution in [3.63, 3.8) is 0 Å². The molecule has 0 saturated carbocycles. The van der Waals surface area contributed by atoms with Crippen molar-refractivity contribution in [3.8, 4) is 17.8 Å². The SMILES string of the molecule is [C+]#CC#CC[CH2-]. The van der Waals surface area contributed by atoms with Crippen LogP contribution in [0.1, 0.15) is 6.42 Å². The van der Waals surface area contributed by atoms with Crippen LogP contribution in [0.4, 0.5) is 0 Å². The minimum atomic E-state index is 0.561. The first-order chi connectivity index (χ1) is 2.91. The van der Waals surface area contributed by atoms with Crippen LogP contribution >= 0.6 is 0 Å². The van der Waals surface area contributed by atoms with Gasteiger partial charge in [-0.15, -0.1) is 0 Å². The first-order valence-electron chi connectivity index (χ1n) is 1.60. The Morgan fingerprint density at radius 3 is 2.50 bits per heavy atom. The van der Waals surface area contributed by atoms with Gasteiger partial charge in [-0.05, 0) is 0 Å². The monoisotopic (exact) mass is 76.0 g/mol. The van der Waals surface area contributed by atoms with Gasteiger partial charge >= 0.3 is 37.5 Å². The molecule has 0 spiro atoms. The zero-order chi connectivity index (χ0) is 4.83. The fourth-order valence-electron chi connectivity index (χ4n) is 0.107. The second-order valence-corrected chi connectivity index (χ2v) is 0.677. The van der Waals surface area contributed by atoms with E-state index in [1.165, 1.54) is 0 Å². The molecule has 0 saturated heterocycles. The van der Waals surface area contributed by atoms with Gasteiger partial charge < -0.3 is 0 Å². The average molecular weight is 76.1 g/mol. The van der Waals surface area contributed by atoms with E-state index in [0.29, 0.717) is 6.42 Å². The molecule has 0 aromatic heterocycles. The Morgan fingerprint density at radius 2 is 2.33 bits per heavy atom. The molecule has 0 rings (SSSR count). The van der Waals surface area contributed by atoms with Gasteiger partial charge in [0.25, 0.3) is 0 Å². The maximum atomic E-state index is 6.25. The summed E-state index contributed by atoms with van der Waals surface area (Å²) in [6.45, 7) is 3.43. The quantitative estimate of drug-likeness (QED) is 0.296. The van der Waals surface area contributed by atoms with Crippen molar-refractivity contribution in [2.24, 2.45) is 0 Å². The minimum absolute atomic E-state index is 0.561. The summed E-state index contributed by atoms with van der Waals surface area (Å²) in [5.41, 5.74) is 0. The molecule has 0 atom stereocenters. The van der Waals surface area contributed by atoms with Crippen LogP contribution in [0.2, 0.25) is 0 Å². The average Bonchev–Trinajstić information content (AvgIpc) is 1.61. The zero-order valence-electron chi connectivity index (χ0n) is 3.41. The van der Waals surface area contributed by atoms with E-state index >= 15 is 0 Å². The molecule has 0 amide bonds. The van der Waals surface area contributed by atoms with Gasteiger partial charge in [0.05, 0.1) is 0 Å². The second kappa shape index (κ2) is 4.34. The van der Waals surface area contributed by atoms with Gasteiger partial charge in [-0.25, -0.2) is 0 Å². The molecule has 0 heteroatoms. The Morgan fingerprint density at radius 1 is 1.67 bits per heavy atom. The van der Waals surface area contributed by atoms with Crippen molar-refractivity contribution in [2.75, 3.05) is 0 Å². The van der Waals surface area contributed by atoms with Crippen LogP contribution in [-0.4, -0.2) is 0 Å². The van der Waals surface area contributed by atoms with Gasteiger partial charge in [0.2, 0.25) is 0 Å². The van der Waals surface area contributed by atoms with Crippen molar-refractivity contribution in [2.45, 2.75) is 6.42 Å². The third-order valence-electron chi connectivity index (χ3n) is 0.276. The Labute approximate surface area is 38.6 Å². The van der Waals surface area contributed by atoms with E-state index in [0.717, 1.165) is 0 Å². The number of hydrogen-bond acceptors (Lipinski definition) is 0. The molecule has 0 heterocycles. The molecule has 6 heavy (non-hydrogen) atoms. The van der Waals surface area contributed by atoms with Crippen LogP contribution < -0.4 is 0 Å². The van der Waals surface area contributed by atoms with Crippen LogP contribution in [0, 0.1) is 31.1 Å².